The monoisotopic (exact) mass is 582 g/mol. The predicted octanol–water partition coefficient (Wildman–Crippen LogP) is 10.3. The second-order valence-electron chi connectivity index (χ2n) is 8.70. The van der Waals surface area contributed by atoms with Crippen molar-refractivity contribution in [3.8, 4) is 0 Å². The van der Waals surface area contributed by atoms with E-state index >= 15 is 0 Å². The standard InChI is InChI=1S/3C8H17.ClH.Pb/c3*1-3-5-7-8-6-4-2;;/h3*1,3-8H2,2H3;1H;/q;;;;+1/p-1. The van der Waals surface area contributed by atoms with Gasteiger partial charge in [-0.15, -0.1) is 0 Å². The minimum atomic E-state index is -2.44. The first-order valence-electron chi connectivity index (χ1n) is 12.4. The van der Waals surface area contributed by atoms with E-state index < -0.39 is 19.9 Å². The van der Waals surface area contributed by atoms with Crippen LogP contribution in [0.5, 0.6) is 0 Å². The Bertz CT molecular complexity index is 226. The summed E-state index contributed by atoms with van der Waals surface area (Å²) in [5.74, 6) is 0. The average molecular weight is 582 g/mol. The Morgan fingerprint density at radius 1 is 0.385 bits per heavy atom. The van der Waals surface area contributed by atoms with Crippen LogP contribution in [0.15, 0.2) is 0 Å². The Balaban J connectivity index is 4.02. The number of unbranched alkanes of at least 4 members (excludes halogenated alkanes) is 15. The van der Waals surface area contributed by atoms with Crippen molar-refractivity contribution in [2.45, 2.75) is 148 Å². The molecule has 0 amide bonds. The van der Waals surface area contributed by atoms with Crippen LogP contribution in [0.25, 0.3) is 0 Å². The second-order valence-corrected chi connectivity index (χ2v) is 30.5. The van der Waals surface area contributed by atoms with Gasteiger partial charge in [0, 0.05) is 0 Å². The van der Waals surface area contributed by atoms with Crippen molar-refractivity contribution >= 4 is 28.3 Å². The van der Waals surface area contributed by atoms with Crippen LogP contribution >= 0.6 is 8.32 Å². The van der Waals surface area contributed by atoms with Gasteiger partial charge in [0.15, 0.2) is 0 Å². The molecule has 0 unspecified atom stereocenters. The molecule has 2 heteroatoms. The van der Waals surface area contributed by atoms with Crippen LogP contribution < -0.4 is 0 Å². The normalized spacial score (nSPS) is 12.0. The van der Waals surface area contributed by atoms with E-state index in [1.807, 2.05) is 0 Å². The molecule has 0 bridgehead atoms. The van der Waals surface area contributed by atoms with Crippen molar-refractivity contribution in [3.05, 3.63) is 0 Å². The molecule has 0 heterocycles. The first kappa shape index (κ1) is 27.2. The van der Waals surface area contributed by atoms with Crippen molar-refractivity contribution in [1.29, 1.82) is 0 Å². The Hall–Kier alpha value is 1.21. The van der Waals surface area contributed by atoms with Gasteiger partial charge < -0.3 is 0 Å². The number of hydrogen-bond acceptors (Lipinski definition) is 0. The summed E-state index contributed by atoms with van der Waals surface area (Å²) in [5, 5.41) is 0. The van der Waals surface area contributed by atoms with Gasteiger partial charge in [0.2, 0.25) is 0 Å². The van der Waals surface area contributed by atoms with Gasteiger partial charge in [0.1, 0.15) is 0 Å². The maximum absolute atomic E-state index is 7.38. The minimum absolute atomic E-state index is 1.36. The van der Waals surface area contributed by atoms with Crippen LogP contribution in [-0.2, 0) is 0 Å². The van der Waals surface area contributed by atoms with E-state index in [1.165, 1.54) is 128 Å². The van der Waals surface area contributed by atoms with E-state index in [4.69, 9.17) is 8.32 Å². The fraction of sp³-hybridized carbons (Fsp3) is 1.00. The van der Waals surface area contributed by atoms with Gasteiger partial charge in [-0.3, -0.25) is 0 Å². The molecule has 0 aromatic carbocycles. The third-order valence-corrected chi connectivity index (χ3v) is 25.5. The van der Waals surface area contributed by atoms with E-state index in [9.17, 15) is 0 Å². The van der Waals surface area contributed by atoms with Gasteiger partial charge in [0.05, 0.1) is 0 Å². The molecule has 0 spiro atoms. The summed E-state index contributed by atoms with van der Waals surface area (Å²) >= 11 is -2.44. The molecule has 0 aliphatic carbocycles. The molecule has 158 valence electrons. The zero-order valence-corrected chi connectivity index (χ0v) is 23.4. The van der Waals surface area contributed by atoms with E-state index in [2.05, 4.69) is 20.8 Å². The summed E-state index contributed by atoms with van der Waals surface area (Å²) in [6.45, 7) is 6.92. The molecule has 0 aromatic heterocycles. The molecule has 0 atom stereocenters. The quantitative estimate of drug-likeness (QED) is 0.0934. The number of hydrogen-bond donors (Lipinski definition) is 0. The van der Waals surface area contributed by atoms with Crippen molar-refractivity contribution < 1.29 is 0 Å². The van der Waals surface area contributed by atoms with Crippen LogP contribution in [0, 0.1) is 0 Å². The zero-order valence-electron chi connectivity index (χ0n) is 18.7. The van der Waals surface area contributed by atoms with Crippen molar-refractivity contribution in [2.75, 3.05) is 0 Å². The molecule has 0 N–H and O–H groups in total. The van der Waals surface area contributed by atoms with Crippen LogP contribution in [0.3, 0.4) is 0 Å². The summed E-state index contributed by atoms with van der Waals surface area (Å²) < 4.78 is 4.43. The molecular weight excluding hydrogens is 531 g/mol. The van der Waals surface area contributed by atoms with Crippen LogP contribution in [0.1, 0.15) is 136 Å². The van der Waals surface area contributed by atoms with Gasteiger partial charge in [-0.1, -0.05) is 0 Å². The van der Waals surface area contributed by atoms with Crippen LogP contribution in [0.2, 0.25) is 11.9 Å². The third kappa shape index (κ3) is 18.6. The first-order chi connectivity index (χ1) is 12.7. The molecule has 0 saturated heterocycles. The topological polar surface area (TPSA) is 0 Å². The molecule has 0 aromatic rings. The van der Waals surface area contributed by atoms with Crippen molar-refractivity contribution in [1.82, 2.24) is 0 Å². The Morgan fingerprint density at radius 2 is 0.615 bits per heavy atom. The Labute approximate surface area is 175 Å². The SMILES string of the molecule is CCCCCCC[CH2][Pb]([Cl])([CH2]CCCCCCC)[CH2]CCCCCCC. The Morgan fingerprint density at radius 3 is 0.885 bits per heavy atom. The van der Waals surface area contributed by atoms with Crippen LogP contribution in [-0.4, -0.2) is 19.9 Å². The summed E-state index contributed by atoms with van der Waals surface area (Å²) in [6, 6.07) is 0. The van der Waals surface area contributed by atoms with Crippen molar-refractivity contribution in [3.63, 3.8) is 0 Å². The molecule has 0 saturated carbocycles. The summed E-state index contributed by atoms with van der Waals surface area (Å²) in [4.78, 5) is 0. The van der Waals surface area contributed by atoms with Gasteiger partial charge >= 0.3 is 177 Å². The summed E-state index contributed by atoms with van der Waals surface area (Å²) in [5.41, 5.74) is 0. The molecule has 0 nitrogen and oxygen atoms in total. The van der Waals surface area contributed by atoms with Gasteiger partial charge in [-0.05, 0) is 0 Å². The number of halogens is 1. The molecule has 0 fully saturated rings. The predicted molar refractivity (Wildman–Crippen MR) is 126 cm³/mol. The first-order valence-corrected chi connectivity index (χ1v) is 25.4. The van der Waals surface area contributed by atoms with E-state index in [-0.39, 0.29) is 0 Å². The molecule has 26 heavy (non-hydrogen) atoms. The van der Waals surface area contributed by atoms with Gasteiger partial charge in [0.25, 0.3) is 0 Å². The third-order valence-electron chi connectivity index (χ3n) is 5.94. The summed E-state index contributed by atoms with van der Waals surface area (Å²) in [7, 11) is 7.38. The van der Waals surface area contributed by atoms with Gasteiger partial charge in [-0.25, -0.2) is 0 Å². The van der Waals surface area contributed by atoms with E-state index in [0.29, 0.717) is 0 Å². The van der Waals surface area contributed by atoms with Crippen molar-refractivity contribution in [2.24, 2.45) is 0 Å². The average Bonchev–Trinajstić information content (AvgIpc) is 2.64. The fourth-order valence-corrected chi connectivity index (χ4v) is 20.8. The van der Waals surface area contributed by atoms with E-state index in [0.717, 1.165) is 0 Å². The fourth-order valence-electron chi connectivity index (χ4n) is 4.04. The second kappa shape index (κ2) is 20.9. The van der Waals surface area contributed by atoms with Gasteiger partial charge in [-0.2, -0.15) is 0 Å². The molecule has 0 radical (unpaired) electrons. The maximum atomic E-state index is 7.38. The summed E-state index contributed by atoms with van der Waals surface area (Å²) in [6.07, 6.45) is 25.7. The molecule has 0 aliphatic heterocycles. The zero-order chi connectivity index (χ0) is 19.3. The Kier molecular flexibility index (Phi) is 21.9. The number of rotatable bonds is 21. The van der Waals surface area contributed by atoms with E-state index in [1.54, 1.807) is 0 Å². The molecule has 0 aliphatic rings. The molecular formula is C24H51ClPb. The van der Waals surface area contributed by atoms with Crippen LogP contribution in [0.4, 0.5) is 0 Å². The molecule has 0 rings (SSSR count).